The standard InChI is InChI=1S/C14H19ClFNO2/c1-18-13-10(7-9-3-5-17-6-4-9)8-11(15)12(16)14(13)19-2/h8-9,17H,3-7H2,1-2H3. The number of nitrogens with one attached hydrogen (secondary N) is 1. The largest absolute Gasteiger partial charge is 0.492 e. The van der Waals surface area contributed by atoms with Gasteiger partial charge in [-0.2, -0.15) is 0 Å². The van der Waals surface area contributed by atoms with Gasteiger partial charge in [-0.05, 0) is 49.9 Å². The SMILES string of the molecule is COc1c(CC2CCNCC2)cc(Cl)c(F)c1OC. The van der Waals surface area contributed by atoms with Crippen LogP contribution >= 0.6 is 11.6 Å². The summed E-state index contributed by atoms with van der Waals surface area (Å²) in [6.07, 6.45) is 3.06. The summed E-state index contributed by atoms with van der Waals surface area (Å²) in [7, 11) is 2.95. The molecule has 1 aliphatic heterocycles. The van der Waals surface area contributed by atoms with Gasteiger partial charge >= 0.3 is 0 Å². The Bertz CT molecular complexity index is 448. The van der Waals surface area contributed by atoms with Gasteiger partial charge in [0.15, 0.2) is 17.3 Å². The van der Waals surface area contributed by atoms with Crippen LogP contribution in [0.5, 0.6) is 11.5 Å². The van der Waals surface area contributed by atoms with Gasteiger partial charge in [0.2, 0.25) is 0 Å². The van der Waals surface area contributed by atoms with Crippen molar-refractivity contribution in [2.45, 2.75) is 19.3 Å². The molecule has 1 saturated heterocycles. The Balaban J connectivity index is 2.30. The van der Waals surface area contributed by atoms with Gasteiger partial charge in [-0.15, -0.1) is 0 Å². The van der Waals surface area contributed by atoms with Crippen LogP contribution in [0.4, 0.5) is 4.39 Å². The highest BCUT2D eigenvalue weighted by Gasteiger charge is 2.22. The summed E-state index contributed by atoms with van der Waals surface area (Å²) in [6, 6.07) is 1.65. The van der Waals surface area contributed by atoms with Gasteiger partial charge in [0.25, 0.3) is 0 Å². The summed E-state index contributed by atoms with van der Waals surface area (Å²) < 4.78 is 24.2. The van der Waals surface area contributed by atoms with Crippen LogP contribution in [0.3, 0.4) is 0 Å². The van der Waals surface area contributed by atoms with E-state index in [0.29, 0.717) is 11.7 Å². The number of hydrogen-bond acceptors (Lipinski definition) is 3. The molecule has 1 fully saturated rings. The van der Waals surface area contributed by atoms with Crippen LogP contribution in [-0.2, 0) is 6.42 Å². The van der Waals surface area contributed by atoms with Crippen LogP contribution in [0.15, 0.2) is 6.07 Å². The average molecular weight is 288 g/mol. The maximum Gasteiger partial charge on any atom is 0.198 e. The topological polar surface area (TPSA) is 30.5 Å². The molecule has 1 heterocycles. The van der Waals surface area contributed by atoms with Crippen molar-refractivity contribution in [2.75, 3.05) is 27.3 Å². The first-order valence-electron chi connectivity index (χ1n) is 6.47. The number of methoxy groups -OCH3 is 2. The van der Waals surface area contributed by atoms with Crippen LogP contribution in [-0.4, -0.2) is 27.3 Å². The molecular weight excluding hydrogens is 269 g/mol. The molecular formula is C14H19ClFNO2. The first-order valence-corrected chi connectivity index (χ1v) is 6.84. The fraction of sp³-hybridized carbons (Fsp3) is 0.571. The highest BCUT2D eigenvalue weighted by atomic mass is 35.5. The maximum absolute atomic E-state index is 13.9. The molecule has 106 valence electrons. The molecule has 1 aromatic rings. The zero-order chi connectivity index (χ0) is 13.8. The minimum Gasteiger partial charge on any atom is -0.492 e. The normalized spacial score (nSPS) is 16.4. The smallest absolute Gasteiger partial charge is 0.198 e. The number of ether oxygens (including phenoxy) is 2. The summed E-state index contributed by atoms with van der Waals surface area (Å²) in [5.41, 5.74) is 0.914. The van der Waals surface area contributed by atoms with Gasteiger partial charge in [-0.25, -0.2) is 4.39 Å². The summed E-state index contributed by atoms with van der Waals surface area (Å²) in [5.74, 6) is 0.568. The van der Waals surface area contributed by atoms with Crippen molar-refractivity contribution < 1.29 is 13.9 Å². The second-order valence-corrected chi connectivity index (χ2v) is 5.20. The van der Waals surface area contributed by atoms with Gasteiger partial charge in [0.1, 0.15) is 0 Å². The fourth-order valence-electron chi connectivity index (χ4n) is 2.59. The van der Waals surface area contributed by atoms with Crippen LogP contribution in [0.25, 0.3) is 0 Å². The van der Waals surface area contributed by atoms with E-state index in [9.17, 15) is 4.39 Å². The van der Waals surface area contributed by atoms with Gasteiger partial charge < -0.3 is 14.8 Å². The van der Waals surface area contributed by atoms with E-state index in [0.717, 1.165) is 37.9 Å². The Labute approximate surface area is 118 Å². The molecule has 2 rings (SSSR count). The Morgan fingerprint density at radius 1 is 1.26 bits per heavy atom. The van der Waals surface area contributed by atoms with E-state index >= 15 is 0 Å². The predicted octanol–water partition coefficient (Wildman–Crippen LogP) is 3.04. The fourth-order valence-corrected chi connectivity index (χ4v) is 2.81. The molecule has 19 heavy (non-hydrogen) atoms. The van der Waals surface area contributed by atoms with Crippen molar-refractivity contribution in [1.29, 1.82) is 0 Å². The lowest BCUT2D eigenvalue weighted by Crippen LogP contribution is -2.28. The number of hydrogen-bond donors (Lipinski definition) is 1. The highest BCUT2D eigenvalue weighted by molar-refractivity contribution is 6.31. The lowest BCUT2D eigenvalue weighted by molar-refractivity contribution is 0.326. The third kappa shape index (κ3) is 3.12. The Morgan fingerprint density at radius 3 is 2.47 bits per heavy atom. The van der Waals surface area contributed by atoms with Gasteiger partial charge in [-0.3, -0.25) is 0 Å². The van der Waals surface area contributed by atoms with Crippen LogP contribution in [0.2, 0.25) is 5.02 Å². The van der Waals surface area contributed by atoms with E-state index in [2.05, 4.69) is 5.32 Å². The molecule has 0 amide bonds. The molecule has 0 radical (unpaired) electrons. The number of piperidine rings is 1. The van der Waals surface area contributed by atoms with Crippen LogP contribution < -0.4 is 14.8 Å². The highest BCUT2D eigenvalue weighted by Crippen LogP contribution is 2.39. The molecule has 0 aromatic heterocycles. The molecule has 0 atom stereocenters. The van der Waals surface area contributed by atoms with Crippen LogP contribution in [0.1, 0.15) is 18.4 Å². The second-order valence-electron chi connectivity index (χ2n) is 4.80. The van der Waals surface area contributed by atoms with Gasteiger partial charge in [-0.1, -0.05) is 11.6 Å². The van der Waals surface area contributed by atoms with Gasteiger partial charge in [0, 0.05) is 0 Å². The lowest BCUT2D eigenvalue weighted by Gasteiger charge is -2.24. The number of benzene rings is 1. The first kappa shape index (κ1) is 14.4. The molecule has 0 spiro atoms. The van der Waals surface area contributed by atoms with E-state index in [-0.39, 0.29) is 10.8 Å². The molecule has 0 unspecified atom stereocenters. The van der Waals surface area contributed by atoms with E-state index in [1.54, 1.807) is 6.07 Å². The summed E-state index contributed by atoms with van der Waals surface area (Å²) >= 11 is 5.92. The van der Waals surface area contributed by atoms with Crippen LogP contribution in [0, 0.1) is 11.7 Å². The van der Waals surface area contributed by atoms with E-state index in [1.165, 1.54) is 14.2 Å². The second kappa shape index (κ2) is 6.44. The zero-order valence-corrected chi connectivity index (χ0v) is 12.0. The minimum atomic E-state index is -0.560. The summed E-state index contributed by atoms with van der Waals surface area (Å²) in [5, 5.41) is 3.41. The molecule has 0 aliphatic carbocycles. The van der Waals surface area contributed by atoms with Crippen molar-refractivity contribution in [3.63, 3.8) is 0 Å². The molecule has 1 aliphatic rings. The number of halogens is 2. The van der Waals surface area contributed by atoms with Crippen molar-refractivity contribution in [3.05, 3.63) is 22.5 Å². The minimum absolute atomic E-state index is 0.0848. The monoisotopic (exact) mass is 287 g/mol. The Hall–Kier alpha value is -1.00. The molecule has 1 N–H and O–H groups in total. The van der Waals surface area contributed by atoms with E-state index < -0.39 is 5.82 Å². The maximum atomic E-state index is 13.9. The van der Waals surface area contributed by atoms with E-state index in [4.69, 9.17) is 21.1 Å². The molecule has 5 heteroatoms. The number of rotatable bonds is 4. The molecule has 3 nitrogen and oxygen atoms in total. The van der Waals surface area contributed by atoms with E-state index in [1.807, 2.05) is 0 Å². The molecule has 0 bridgehead atoms. The summed E-state index contributed by atoms with van der Waals surface area (Å²) in [6.45, 7) is 2.05. The van der Waals surface area contributed by atoms with Gasteiger partial charge in [0.05, 0.1) is 19.2 Å². The quantitative estimate of drug-likeness (QED) is 0.923. The molecule has 0 saturated carbocycles. The van der Waals surface area contributed by atoms with Crippen molar-refractivity contribution in [1.82, 2.24) is 5.32 Å². The molecule has 1 aromatic carbocycles. The average Bonchev–Trinajstić information content (AvgIpc) is 2.43. The summed E-state index contributed by atoms with van der Waals surface area (Å²) in [4.78, 5) is 0. The zero-order valence-electron chi connectivity index (χ0n) is 11.3. The predicted molar refractivity (Wildman–Crippen MR) is 73.8 cm³/mol. The third-order valence-corrected chi connectivity index (χ3v) is 3.86. The lowest BCUT2D eigenvalue weighted by atomic mass is 9.90. The Kier molecular flexibility index (Phi) is 4.88. The third-order valence-electron chi connectivity index (χ3n) is 3.58. The van der Waals surface area contributed by atoms with Crippen molar-refractivity contribution in [2.24, 2.45) is 5.92 Å². The van der Waals surface area contributed by atoms with Crippen molar-refractivity contribution >= 4 is 11.6 Å². The Morgan fingerprint density at radius 2 is 1.89 bits per heavy atom. The van der Waals surface area contributed by atoms with Crippen molar-refractivity contribution in [3.8, 4) is 11.5 Å². The first-order chi connectivity index (χ1) is 9.17.